The Morgan fingerprint density at radius 3 is 2.06 bits per heavy atom. The standard InChI is InChI=1S/C13H29NO2/c1-5-13(6-2,7-3)14-9-8-10-16-12-11-15-4/h14H,5-12H2,1-4H3. The van der Waals surface area contributed by atoms with Crippen molar-refractivity contribution in [2.24, 2.45) is 0 Å². The van der Waals surface area contributed by atoms with Crippen LogP contribution in [0.15, 0.2) is 0 Å². The summed E-state index contributed by atoms with van der Waals surface area (Å²) in [4.78, 5) is 0. The molecule has 0 saturated heterocycles. The Hall–Kier alpha value is -0.120. The first-order valence-corrected chi connectivity index (χ1v) is 6.56. The van der Waals surface area contributed by atoms with Gasteiger partial charge in [-0.25, -0.2) is 0 Å². The quantitative estimate of drug-likeness (QED) is 0.554. The van der Waals surface area contributed by atoms with Crippen LogP contribution in [0, 0.1) is 0 Å². The fourth-order valence-electron chi connectivity index (χ4n) is 1.90. The largest absolute Gasteiger partial charge is 0.382 e. The van der Waals surface area contributed by atoms with E-state index in [1.54, 1.807) is 7.11 Å². The molecule has 0 saturated carbocycles. The zero-order chi connectivity index (χ0) is 12.3. The molecule has 0 fully saturated rings. The Balaban J connectivity index is 3.48. The van der Waals surface area contributed by atoms with E-state index in [4.69, 9.17) is 9.47 Å². The first-order chi connectivity index (χ1) is 7.74. The maximum absolute atomic E-state index is 5.42. The molecule has 0 aromatic rings. The van der Waals surface area contributed by atoms with Crippen LogP contribution in [0.25, 0.3) is 0 Å². The molecular weight excluding hydrogens is 202 g/mol. The number of hydrogen-bond donors (Lipinski definition) is 1. The average molecular weight is 231 g/mol. The Morgan fingerprint density at radius 1 is 0.938 bits per heavy atom. The van der Waals surface area contributed by atoms with Gasteiger partial charge >= 0.3 is 0 Å². The minimum Gasteiger partial charge on any atom is -0.382 e. The van der Waals surface area contributed by atoms with Crippen molar-refractivity contribution in [2.75, 3.05) is 33.5 Å². The molecule has 0 bridgehead atoms. The van der Waals surface area contributed by atoms with Crippen LogP contribution in [0.1, 0.15) is 46.5 Å². The zero-order valence-electron chi connectivity index (χ0n) is 11.5. The second-order valence-electron chi connectivity index (χ2n) is 4.23. The van der Waals surface area contributed by atoms with Crippen molar-refractivity contribution in [3.63, 3.8) is 0 Å². The summed E-state index contributed by atoms with van der Waals surface area (Å²) in [6.07, 6.45) is 4.67. The van der Waals surface area contributed by atoms with E-state index in [2.05, 4.69) is 26.1 Å². The lowest BCUT2D eigenvalue weighted by molar-refractivity contribution is 0.0684. The van der Waals surface area contributed by atoms with E-state index >= 15 is 0 Å². The van der Waals surface area contributed by atoms with Gasteiger partial charge in [-0.05, 0) is 32.2 Å². The van der Waals surface area contributed by atoms with Crippen molar-refractivity contribution < 1.29 is 9.47 Å². The third-order valence-corrected chi connectivity index (χ3v) is 3.43. The third-order valence-electron chi connectivity index (χ3n) is 3.43. The lowest BCUT2D eigenvalue weighted by atomic mass is 9.90. The summed E-state index contributed by atoms with van der Waals surface area (Å²) < 4.78 is 10.3. The molecule has 0 amide bonds. The monoisotopic (exact) mass is 231 g/mol. The summed E-state index contributed by atoms with van der Waals surface area (Å²) in [5, 5.41) is 3.66. The Morgan fingerprint density at radius 2 is 1.56 bits per heavy atom. The van der Waals surface area contributed by atoms with E-state index in [0.29, 0.717) is 18.8 Å². The van der Waals surface area contributed by atoms with Crippen LogP contribution in [0.3, 0.4) is 0 Å². The molecule has 0 atom stereocenters. The molecule has 0 radical (unpaired) electrons. The molecule has 0 unspecified atom stereocenters. The average Bonchev–Trinajstić information content (AvgIpc) is 2.34. The zero-order valence-corrected chi connectivity index (χ0v) is 11.5. The van der Waals surface area contributed by atoms with Crippen molar-refractivity contribution in [3.8, 4) is 0 Å². The smallest absolute Gasteiger partial charge is 0.0700 e. The van der Waals surface area contributed by atoms with Gasteiger partial charge in [-0.15, -0.1) is 0 Å². The maximum atomic E-state index is 5.42. The molecule has 0 spiro atoms. The lowest BCUT2D eigenvalue weighted by Gasteiger charge is -2.32. The van der Waals surface area contributed by atoms with Gasteiger partial charge in [0, 0.05) is 19.3 Å². The number of hydrogen-bond acceptors (Lipinski definition) is 3. The number of nitrogens with one attached hydrogen (secondary N) is 1. The van der Waals surface area contributed by atoms with E-state index in [0.717, 1.165) is 19.6 Å². The number of ether oxygens (including phenoxy) is 2. The van der Waals surface area contributed by atoms with Crippen LogP contribution in [0.4, 0.5) is 0 Å². The van der Waals surface area contributed by atoms with Crippen molar-refractivity contribution in [3.05, 3.63) is 0 Å². The second kappa shape index (κ2) is 10.1. The highest BCUT2D eigenvalue weighted by Crippen LogP contribution is 2.18. The Labute approximate surface area is 101 Å². The van der Waals surface area contributed by atoms with Gasteiger partial charge in [-0.3, -0.25) is 0 Å². The predicted molar refractivity (Wildman–Crippen MR) is 68.9 cm³/mol. The summed E-state index contributed by atoms with van der Waals surface area (Å²) >= 11 is 0. The van der Waals surface area contributed by atoms with Crippen molar-refractivity contribution in [2.45, 2.75) is 52.0 Å². The van der Waals surface area contributed by atoms with Crippen LogP contribution in [0.2, 0.25) is 0 Å². The van der Waals surface area contributed by atoms with Gasteiger partial charge < -0.3 is 14.8 Å². The maximum Gasteiger partial charge on any atom is 0.0700 e. The molecule has 0 aliphatic rings. The SMILES string of the molecule is CCC(CC)(CC)NCCCOCCOC. The summed E-state index contributed by atoms with van der Waals surface area (Å²) in [7, 11) is 1.70. The molecule has 3 heteroatoms. The molecule has 0 heterocycles. The molecule has 3 nitrogen and oxygen atoms in total. The highest BCUT2D eigenvalue weighted by atomic mass is 16.5. The van der Waals surface area contributed by atoms with Crippen molar-refractivity contribution >= 4 is 0 Å². The van der Waals surface area contributed by atoms with Crippen LogP contribution >= 0.6 is 0 Å². The number of rotatable bonds is 11. The van der Waals surface area contributed by atoms with E-state index in [1.165, 1.54) is 19.3 Å². The minimum atomic E-state index is 0.340. The molecule has 0 aromatic carbocycles. The van der Waals surface area contributed by atoms with Crippen LogP contribution < -0.4 is 5.32 Å². The van der Waals surface area contributed by atoms with E-state index in [-0.39, 0.29) is 0 Å². The normalized spacial score (nSPS) is 12.0. The second-order valence-corrected chi connectivity index (χ2v) is 4.23. The van der Waals surface area contributed by atoms with Gasteiger partial charge in [0.25, 0.3) is 0 Å². The van der Waals surface area contributed by atoms with Crippen molar-refractivity contribution in [1.82, 2.24) is 5.32 Å². The van der Waals surface area contributed by atoms with E-state index < -0.39 is 0 Å². The van der Waals surface area contributed by atoms with Gasteiger partial charge in [0.05, 0.1) is 13.2 Å². The van der Waals surface area contributed by atoms with Crippen LogP contribution in [0.5, 0.6) is 0 Å². The van der Waals surface area contributed by atoms with Crippen LogP contribution in [-0.4, -0.2) is 39.0 Å². The fraction of sp³-hybridized carbons (Fsp3) is 1.00. The summed E-state index contributed by atoms with van der Waals surface area (Å²) in [6, 6.07) is 0. The van der Waals surface area contributed by atoms with Crippen molar-refractivity contribution in [1.29, 1.82) is 0 Å². The first-order valence-electron chi connectivity index (χ1n) is 6.56. The Bertz CT molecular complexity index is 139. The lowest BCUT2D eigenvalue weighted by Crippen LogP contribution is -2.44. The molecule has 0 aliphatic carbocycles. The molecule has 16 heavy (non-hydrogen) atoms. The minimum absolute atomic E-state index is 0.340. The summed E-state index contributed by atoms with van der Waals surface area (Å²) in [5.74, 6) is 0. The molecule has 0 aromatic heterocycles. The predicted octanol–water partition coefficient (Wildman–Crippen LogP) is 2.60. The highest BCUT2D eigenvalue weighted by Gasteiger charge is 2.21. The fourth-order valence-corrected chi connectivity index (χ4v) is 1.90. The molecule has 1 N–H and O–H groups in total. The van der Waals surface area contributed by atoms with Gasteiger partial charge in [0.2, 0.25) is 0 Å². The van der Waals surface area contributed by atoms with Crippen LogP contribution in [-0.2, 0) is 9.47 Å². The molecule has 0 rings (SSSR count). The summed E-state index contributed by atoms with van der Waals surface area (Å²) in [5.41, 5.74) is 0.340. The van der Waals surface area contributed by atoms with Gasteiger partial charge in [-0.2, -0.15) is 0 Å². The summed E-state index contributed by atoms with van der Waals surface area (Å²) in [6.45, 7) is 10.0. The van der Waals surface area contributed by atoms with E-state index in [1.807, 2.05) is 0 Å². The molecule has 98 valence electrons. The highest BCUT2D eigenvalue weighted by molar-refractivity contribution is 4.83. The number of methoxy groups -OCH3 is 1. The molecular formula is C13H29NO2. The van der Waals surface area contributed by atoms with Gasteiger partial charge in [0.1, 0.15) is 0 Å². The first kappa shape index (κ1) is 15.9. The van der Waals surface area contributed by atoms with Gasteiger partial charge in [-0.1, -0.05) is 20.8 Å². The third kappa shape index (κ3) is 6.46. The Kier molecular flexibility index (Phi) is 9.99. The topological polar surface area (TPSA) is 30.5 Å². The van der Waals surface area contributed by atoms with E-state index in [9.17, 15) is 0 Å². The van der Waals surface area contributed by atoms with Gasteiger partial charge in [0.15, 0.2) is 0 Å². The molecule has 0 aliphatic heterocycles.